The van der Waals surface area contributed by atoms with E-state index < -0.39 is 17.5 Å². The molecule has 2 heterocycles. The Balaban J connectivity index is 1.86. The zero-order valence-corrected chi connectivity index (χ0v) is 11.5. The number of thiazole rings is 1. The van der Waals surface area contributed by atoms with E-state index in [1.165, 1.54) is 28.4 Å². The topological polar surface area (TPSA) is 50.3 Å². The molecule has 1 amide bonds. The Morgan fingerprint density at radius 3 is 2.85 bits per heavy atom. The van der Waals surface area contributed by atoms with E-state index in [-0.39, 0.29) is 5.56 Å². The molecule has 0 spiro atoms. The average Bonchev–Trinajstić information content (AvgIpc) is 2.93. The Hall–Kier alpha value is -2.08. The quantitative estimate of drug-likeness (QED) is 0.815. The molecule has 6 heteroatoms. The number of halogens is 1. The van der Waals surface area contributed by atoms with Gasteiger partial charge in [-0.15, -0.1) is 11.3 Å². The number of amides is 1. The normalized spacial score (nSPS) is 14.0. The van der Waals surface area contributed by atoms with Gasteiger partial charge in [0.15, 0.2) is 0 Å². The second-order valence-electron chi connectivity index (χ2n) is 4.56. The van der Waals surface area contributed by atoms with Crippen molar-refractivity contribution in [2.45, 2.75) is 13.3 Å². The monoisotopic (exact) mass is 290 g/mol. The first-order chi connectivity index (χ1) is 9.58. The summed E-state index contributed by atoms with van der Waals surface area (Å²) in [5.74, 6) is -1.74. The minimum Gasteiger partial charge on any atom is -0.304 e. The summed E-state index contributed by atoms with van der Waals surface area (Å²) in [6, 6.07) is 3.86. The van der Waals surface area contributed by atoms with Gasteiger partial charge in [-0.05, 0) is 25.1 Å². The third kappa shape index (κ3) is 2.02. The average molecular weight is 290 g/mol. The Morgan fingerprint density at radius 1 is 1.35 bits per heavy atom. The number of aromatic nitrogens is 1. The van der Waals surface area contributed by atoms with E-state index in [0.717, 1.165) is 16.6 Å². The standard InChI is InChI=1S/C14H11FN2O2S/c1-8-12(20-7-16-8)4-5-17-11-3-2-9(15)6-10(11)13(18)14(17)19/h2-3,6-7H,4-5H2,1H3. The van der Waals surface area contributed by atoms with Crippen molar-refractivity contribution in [3.05, 3.63) is 45.7 Å². The predicted octanol–water partition coefficient (Wildman–Crippen LogP) is 2.36. The lowest BCUT2D eigenvalue weighted by Crippen LogP contribution is -2.31. The number of carbonyl (C=O) groups excluding carboxylic acids is 2. The highest BCUT2D eigenvalue weighted by molar-refractivity contribution is 7.09. The lowest BCUT2D eigenvalue weighted by atomic mass is 10.1. The molecule has 0 unspecified atom stereocenters. The summed E-state index contributed by atoms with van der Waals surface area (Å²) < 4.78 is 13.2. The number of fused-ring (bicyclic) bond motifs is 1. The highest BCUT2D eigenvalue weighted by Crippen LogP contribution is 2.29. The smallest absolute Gasteiger partial charge is 0.299 e. The van der Waals surface area contributed by atoms with Gasteiger partial charge in [0.2, 0.25) is 0 Å². The van der Waals surface area contributed by atoms with Crippen LogP contribution in [0.1, 0.15) is 20.9 Å². The Kier molecular flexibility index (Phi) is 3.10. The van der Waals surface area contributed by atoms with Crippen LogP contribution in [-0.4, -0.2) is 23.2 Å². The van der Waals surface area contributed by atoms with Gasteiger partial charge in [-0.25, -0.2) is 9.37 Å². The zero-order chi connectivity index (χ0) is 14.3. The Morgan fingerprint density at radius 2 is 2.15 bits per heavy atom. The second-order valence-corrected chi connectivity index (χ2v) is 5.50. The van der Waals surface area contributed by atoms with E-state index in [2.05, 4.69) is 4.98 Å². The van der Waals surface area contributed by atoms with Gasteiger partial charge in [-0.1, -0.05) is 0 Å². The summed E-state index contributed by atoms with van der Waals surface area (Å²) in [6.07, 6.45) is 0.631. The number of aryl methyl sites for hydroxylation is 1. The van der Waals surface area contributed by atoms with Crippen LogP contribution < -0.4 is 4.90 Å². The van der Waals surface area contributed by atoms with Gasteiger partial charge in [0, 0.05) is 17.8 Å². The van der Waals surface area contributed by atoms with Crippen molar-refractivity contribution in [1.82, 2.24) is 4.98 Å². The van der Waals surface area contributed by atoms with Crippen LogP contribution in [0.5, 0.6) is 0 Å². The fourth-order valence-corrected chi connectivity index (χ4v) is 3.04. The number of anilines is 1. The molecular formula is C14H11FN2O2S. The van der Waals surface area contributed by atoms with Crippen molar-refractivity contribution in [2.75, 3.05) is 11.4 Å². The van der Waals surface area contributed by atoms with Gasteiger partial charge in [-0.2, -0.15) is 0 Å². The van der Waals surface area contributed by atoms with Crippen LogP contribution in [0.3, 0.4) is 0 Å². The predicted molar refractivity (Wildman–Crippen MR) is 73.6 cm³/mol. The molecule has 3 rings (SSSR count). The van der Waals surface area contributed by atoms with Crippen molar-refractivity contribution in [1.29, 1.82) is 0 Å². The molecule has 0 aliphatic carbocycles. The van der Waals surface area contributed by atoms with Gasteiger partial charge in [-0.3, -0.25) is 9.59 Å². The molecule has 4 nitrogen and oxygen atoms in total. The lowest BCUT2D eigenvalue weighted by molar-refractivity contribution is -0.114. The molecule has 0 saturated carbocycles. The van der Waals surface area contributed by atoms with Crippen molar-refractivity contribution in [3.8, 4) is 0 Å². The summed E-state index contributed by atoms with van der Waals surface area (Å²) in [7, 11) is 0. The van der Waals surface area contributed by atoms with Gasteiger partial charge in [0.1, 0.15) is 5.82 Å². The van der Waals surface area contributed by atoms with Gasteiger partial charge < -0.3 is 4.90 Å². The fraction of sp³-hybridized carbons (Fsp3) is 0.214. The first-order valence-electron chi connectivity index (χ1n) is 6.12. The maximum Gasteiger partial charge on any atom is 0.299 e. The maximum atomic E-state index is 13.2. The molecule has 0 fully saturated rings. The maximum absolute atomic E-state index is 13.2. The largest absolute Gasteiger partial charge is 0.304 e. The zero-order valence-electron chi connectivity index (χ0n) is 10.7. The van der Waals surface area contributed by atoms with Crippen LogP contribution in [0.25, 0.3) is 0 Å². The molecule has 0 bridgehead atoms. The van der Waals surface area contributed by atoms with Crippen molar-refractivity contribution in [3.63, 3.8) is 0 Å². The molecule has 0 radical (unpaired) electrons. The lowest BCUT2D eigenvalue weighted by Gasteiger charge is -2.15. The van der Waals surface area contributed by atoms with E-state index in [9.17, 15) is 14.0 Å². The molecule has 0 N–H and O–H groups in total. The minimum atomic E-state index is -0.638. The summed E-state index contributed by atoms with van der Waals surface area (Å²) in [5.41, 5.74) is 3.33. The first-order valence-corrected chi connectivity index (χ1v) is 7.00. The van der Waals surface area contributed by atoms with Gasteiger partial charge >= 0.3 is 0 Å². The van der Waals surface area contributed by atoms with Crippen LogP contribution in [0.4, 0.5) is 10.1 Å². The highest BCUT2D eigenvalue weighted by Gasteiger charge is 2.35. The highest BCUT2D eigenvalue weighted by atomic mass is 32.1. The number of benzene rings is 1. The first kappa shape index (κ1) is 12.9. The molecule has 1 aliphatic heterocycles. The van der Waals surface area contributed by atoms with E-state index in [1.54, 1.807) is 5.51 Å². The molecule has 102 valence electrons. The molecule has 1 aromatic heterocycles. The van der Waals surface area contributed by atoms with Gasteiger partial charge in [0.25, 0.3) is 11.7 Å². The summed E-state index contributed by atoms with van der Waals surface area (Å²) in [5, 5.41) is 0. The number of carbonyl (C=O) groups is 2. The SMILES string of the molecule is Cc1ncsc1CCN1C(=O)C(=O)c2cc(F)ccc21. The number of ketones is 1. The Labute approximate surface area is 118 Å². The number of Topliss-reactive ketones (excluding diaryl/α,β-unsaturated/α-hetero) is 1. The number of hydrogen-bond acceptors (Lipinski definition) is 4. The second kappa shape index (κ2) is 4.79. The molecular weight excluding hydrogens is 279 g/mol. The summed E-state index contributed by atoms with van der Waals surface area (Å²) in [4.78, 5) is 30.4. The fourth-order valence-electron chi connectivity index (χ4n) is 2.27. The van der Waals surface area contributed by atoms with E-state index in [1.807, 2.05) is 6.92 Å². The third-order valence-corrected chi connectivity index (χ3v) is 4.34. The third-order valence-electron chi connectivity index (χ3n) is 3.34. The van der Waals surface area contributed by atoms with Crippen LogP contribution in [-0.2, 0) is 11.2 Å². The van der Waals surface area contributed by atoms with Gasteiger partial charge in [0.05, 0.1) is 22.5 Å². The molecule has 2 aromatic rings. The van der Waals surface area contributed by atoms with Crippen molar-refractivity contribution in [2.24, 2.45) is 0 Å². The molecule has 1 aliphatic rings. The van der Waals surface area contributed by atoms with Crippen LogP contribution in [0, 0.1) is 12.7 Å². The number of rotatable bonds is 3. The van der Waals surface area contributed by atoms with Crippen LogP contribution >= 0.6 is 11.3 Å². The van der Waals surface area contributed by atoms with Crippen molar-refractivity contribution >= 4 is 28.7 Å². The Bertz CT molecular complexity index is 711. The number of nitrogens with zero attached hydrogens (tertiary/aromatic N) is 2. The van der Waals surface area contributed by atoms with E-state index >= 15 is 0 Å². The number of hydrogen-bond donors (Lipinski definition) is 0. The van der Waals surface area contributed by atoms with E-state index in [4.69, 9.17) is 0 Å². The van der Waals surface area contributed by atoms with E-state index in [0.29, 0.717) is 18.7 Å². The molecule has 0 saturated heterocycles. The molecule has 20 heavy (non-hydrogen) atoms. The van der Waals surface area contributed by atoms with Crippen molar-refractivity contribution < 1.29 is 14.0 Å². The molecule has 1 aromatic carbocycles. The summed E-state index contributed by atoms with van der Waals surface area (Å²) >= 11 is 1.52. The summed E-state index contributed by atoms with van der Waals surface area (Å²) in [6.45, 7) is 2.30. The van der Waals surface area contributed by atoms with Crippen LogP contribution in [0.2, 0.25) is 0 Å². The minimum absolute atomic E-state index is 0.149. The molecule has 0 atom stereocenters. The van der Waals surface area contributed by atoms with Crippen LogP contribution in [0.15, 0.2) is 23.7 Å².